The zero-order valence-corrected chi connectivity index (χ0v) is 13.9. The minimum absolute atomic E-state index is 0.0548. The van der Waals surface area contributed by atoms with Crippen LogP contribution in [0, 0.1) is 0 Å². The third-order valence-corrected chi connectivity index (χ3v) is 3.34. The lowest BCUT2D eigenvalue weighted by Gasteiger charge is -2.22. The summed E-state index contributed by atoms with van der Waals surface area (Å²) in [6, 6.07) is 3.28. The number of nitrogens with zero attached hydrogens (tertiary/aromatic N) is 3. The summed E-state index contributed by atoms with van der Waals surface area (Å²) in [6.07, 6.45) is 0. The van der Waals surface area contributed by atoms with Gasteiger partial charge in [0.15, 0.2) is 0 Å². The van der Waals surface area contributed by atoms with E-state index in [2.05, 4.69) is 4.98 Å². The molecule has 0 aliphatic rings. The monoisotopic (exact) mass is 311 g/mol. The molecule has 1 rings (SSSR count). The lowest BCUT2D eigenvalue weighted by atomic mass is 10.1. The highest BCUT2D eigenvalue weighted by molar-refractivity contribution is 6.29. The van der Waals surface area contributed by atoms with Gasteiger partial charge < -0.3 is 9.80 Å². The van der Waals surface area contributed by atoms with Crippen molar-refractivity contribution in [1.82, 2.24) is 14.8 Å². The van der Waals surface area contributed by atoms with E-state index in [4.69, 9.17) is 11.6 Å². The maximum atomic E-state index is 12.5. The summed E-state index contributed by atoms with van der Waals surface area (Å²) in [5.41, 5.74) is 1.23. The molecule has 0 unspecified atom stereocenters. The Kier molecular flexibility index (Phi) is 6.15. The molecule has 0 spiro atoms. The Hall–Kier alpha value is -1.62. The Bertz CT molecular complexity index is 530. The molecule has 0 aliphatic heterocycles. The van der Waals surface area contributed by atoms with Gasteiger partial charge in [-0.05, 0) is 25.0 Å². The van der Waals surface area contributed by atoms with Crippen molar-refractivity contribution in [1.29, 1.82) is 0 Å². The van der Waals surface area contributed by atoms with Crippen molar-refractivity contribution in [3.63, 3.8) is 0 Å². The molecule has 1 heterocycles. The Morgan fingerprint density at radius 3 is 2.38 bits per heavy atom. The molecule has 6 heteroatoms. The fourth-order valence-electron chi connectivity index (χ4n) is 1.75. The van der Waals surface area contributed by atoms with Crippen molar-refractivity contribution >= 4 is 23.4 Å². The second-order valence-electron chi connectivity index (χ2n) is 5.37. The molecular weight excluding hydrogens is 290 g/mol. The minimum atomic E-state index is -0.209. The van der Waals surface area contributed by atoms with Crippen LogP contribution < -0.4 is 0 Å². The summed E-state index contributed by atoms with van der Waals surface area (Å²) in [6.45, 7) is 6.32. The summed E-state index contributed by atoms with van der Waals surface area (Å²) in [5, 5.41) is 0.291. The molecule has 0 aliphatic carbocycles. The van der Waals surface area contributed by atoms with Crippen LogP contribution in [0.2, 0.25) is 5.15 Å². The topological polar surface area (TPSA) is 53.5 Å². The quantitative estimate of drug-likeness (QED) is 0.785. The van der Waals surface area contributed by atoms with Crippen LogP contribution in [0.25, 0.3) is 0 Å². The van der Waals surface area contributed by atoms with Gasteiger partial charge in [-0.15, -0.1) is 0 Å². The van der Waals surface area contributed by atoms with Gasteiger partial charge in [0.2, 0.25) is 5.91 Å². The third-order valence-electron chi connectivity index (χ3n) is 3.15. The number of rotatable bonds is 5. The number of aromatic nitrogens is 1. The molecule has 0 radical (unpaired) electrons. The number of likely N-dealkylation sites (N-methyl/N-ethyl adjacent to an activating group) is 2. The zero-order valence-electron chi connectivity index (χ0n) is 13.2. The standard InChI is InChI=1S/C15H22ClN3O2/c1-6-19(9-14(20)18(4)5)15(21)11-7-12(10(2)3)17-13(16)8-11/h7-8,10H,6,9H2,1-5H3. The van der Waals surface area contributed by atoms with E-state index in [0.717, 1.165) is 5.69 Å². The highest BCUT2D eigenvalue weighted by Crippen LogP contribution is 2.19. The van der Waals surface area contributed by atoms with Crippen LogP contribution in [0.5, 0.6) is 0 Å². The summed E-state index contributed by atoms with van der Waals surface area (Å²) >= 11 is 5.99. The van der Waals surface area contributed by atoms with Gasteiger partial charge in [-0.3, -0.25) is 9.59 Å². The van der Waals surface area contributed by atoms with Crippen molar-refractivity contribution in [2.75, 3.05) is 27.2 Å². The number of carbonyl (C=O) groups is 2. The molecule has 0 aromatic carbocycles. The second kappa shape index (κ2) is 7.41. The molecule has 5 nitrogen and oxygen atoms in total. The molecule has 2 amide bonds. The van der Waals surface area contributed by atoms with Crippen molar-refractivity contribution in [2.45, 2.75) is 26.7 Å². The highest BCUT2D eigenvalue weighted by Gasteiger charge is 2.20. The first kappa shape index (κ1) is 17.4. The van der Waals surface area contributed by atoms with E-state index in [1.807, 2.05) is 20.8 Å². The smallest absolute Gasteiger partial charge is 0.254 e. The Balaban J connectivity index is 3.02. The van der Waals surface area contributed by atoms with Gasteiger partial charge in [0.25, 0.3) is 5.91 Å². The fraction of sp³-hybridized carbons (Fsp3) is 0.533. The molecule has 116 valence electrons. The van der Waals surface area contributed by atoms with E-state index in [1.54, 1.807) is 26.2 Å². The lowest BCUT2D eigenvalue weighted by molar-refractivity contribution is -0.129. The zero-order chi connectivity index (χ0) is 16.2. The van der Waals surface area contributed by atoms with Crippen molar-refractivity contribution in [3.05, 3.63) is 28.5 Å². The first-order valence-electron chi connectivity index (χ1n) is 6.93. The Morgan fingerprint density at radius 1 is 1.29 bits per heavy atom. The van der Waals surface area contributed by atoms with Crippen LogP contribution >= 0.6 is 11.6 Å². The molecule has 0 bridgehead atoms. The van der Waals surface area contributed by atoms with Crippen molar-refractivity contribution in [2.24, 2.45) is 0 Å². The van der Waals surface area contributed by atoms with Gasteiger partial charge in [0.05, 0.1) is 6.54 Å². The van der Waals surface area contributed by atoms with E-state index in [9.17, 15) is 9.59 Å². The van der Waals surface area contributed by atoms with E-state index in [-0.39, 0.29) is 24.3 Å². The molecule has 0 saturated heterocycles. The van der Waals surface area contributed by atoms with Gasteiger partial charge in [0, 0.05) is 31.9 Å². The van der Waals surface area contributed by atoms with Gasteiger partial charge in [-0.25, -0.2) is 4.98 Å². The lowest BCUT2D eigenvalue weighted by Crippen LogP contribution is -2.40. The average Bonchev–Trinajstić information content (AvgIpc) is 2.42. The molecule has 0 atom stereocenters. The number of amides is 2. The largest absolute Gasteiger partial charge is 0.347 e. The molecule has 0 N–H and O–H groups in total. The van der Waals surface area contributed by atoms with Crippen LogP contribution in [0.15, 0.2) is 12.1 Å². The molecule has 0 saturated carbocycles. The number of hydrogen-bond acceptors (Lipinski definition) is 3. The SMILES string of the molecule is CCN(CC(=O)N(C)C)C(=O)c1cc(Cl)nc(C(C)C)c1. The number of halogens is 1. The normalized spacial score (nSPS) is 10.6. The molecule has 1 aromatic rings. The summed E-state index contributed by atoms with van der Waals surface area (Å²) in [4.78, 5) is 31.5. The predicted octanol–water partition coefficient (Wildman–Crippen LogP) is 2.41. The van der Waals surface area contributed by atoms with Gasteiger partial charge >= 0.3 is 0 Å². The highest BCUT2D eigenvalue weighted by atomic mass is 35.5. The van der Waals surface area contributed by atoms with Gasteiger partial charge in [-0.2, -0.15) is 0 Å². The molecule has 21 heavy (non-hydrogen) atoms. The predicted molar refractivity (Wildman–Crippen MR) is 83.6 cm³/mol. The van der Waals surface area contributed by atoms with Crippen LogP contribution in [-0.2, 0) is 4.79 Å². The molecule has 0 fully saturated rings. The number of pyridine rings is 1. The molecule has 1 aromatic heterocycles. The molecular formula is C15H22ClN3O2. The summed E-state index contributed by atoms with van der Waals surface area (Å²) < 4.78 is 0. The van der Waals surface area contributed by atoms with E-state index in [0.29, 0.717) is 17.3 Å². The Labute approximate surface area is 130 Å². The minimum Gasteiger partial charge on any atom is -0.347 e. The Morgan fingerprint density at radius 2 is 1.90 bits per heavy atom. The van der Waals surface area contributed by atoms with Crippen LogP contribution in [0.4, 0.5) is 0 Å². The second-order valence-corrected chi connectivity index (χ2v) is 5.75. The van der Waals surface area contributed by atoms with E-state index < -0.39 is 0 Å². The van der Waals surface area contributed by atoms with Crippen LogP contribution in [-0.4, -0.2) is 53.8 Å². The van der Waals surface area contributed by atoms with Gasteiger partial charge in [-0.1, -0.05) is 25.4 Å². The average molecular weight is 312 g/mol. The first-order chi connectivity index (χ1) is 9.76. The van der Waals surface area contributed by atoms with E-state index in [1.165, 1.54) is 9.80 Å². The number of hydrogen-bond donors (Lipinski definition) is 0. The van der Waals surface area contributed by atoms with Crippen LogP contribution in [0.1, 0.15) is 42.7 Å². The van der Waals surface area contributed by atoms with Crippen molar-refractivity contribution in [3.8, 4) is 0 Å². The maximum Gasteiger partial charge on any atom is 0.254 e. The van der Waals surface area contributed by atoms with Gasteiger partial charge in [0.1, 0.15) is 5.15 Å². The third kappa shape index (κ3) is 4.70. The van der Waals surface area contributed by atoms with Crippen LogP contribution in [0.3, 0.4) is 0 Å². The number of carbonyl (C=O) groups excluding carboxylic acids is 2. The van der Waals surface area contributed by atoms with Crippen molar-refractivity contribution < 1.29 is 9.59 Å². The maximum absolute atomic E-state index is 12.5. The fourth-order valence-corrected chi connectivity index (χ4v) is 1.97. The summed E-state index contributed by atoms with van der Waals surface area (Å²) in [5.74, 6) is -0.151. The first-order valence-corrected chi connectivity index (χ1v) is 7.31. The summed E-state index contributed by atoms with van der Waals surface area (Å²) in [7, 11) is 3.33. The van der Waals surface area contributed by atoms with E-state index >= 15 is 0 Å².